The summed E-state index contributed by atoms with van der Waals surface area (Å²) in [6.45, 7) is 5.64. The zero-order chi connectivity index (χ0) is 15.4. The first-order chi connectivity index (χ1) is 9.52. The highest BCUT2D eigenvalue weighted by Crippen LogP contribution is 2.16. The van der Waals surface area contributed by atoms with E-state index in [0.717, 1.165) is 25.3 Å². The molecule has 0 bridgehead atoms. The number of carbonyl (C=O) groups excluding carboxylic acids is 2. The summed E-state index contributed by atoms with van der Waals surface area (Å²) in [5.74, 6) is -0.919. The minimum absolute atomic E-state index is 0. The van der Waals surface area contributed by atoms with Crippen LogP contribution in [-0.2, 0) is 14.3 Å². The Hall–Kier alpha value is -1.16. The first-order valence-corrected chi connectivity index (χ1v) is 7.63. The lowest BCUT2D eigenvalue weighted by Gasteiger charge is -2.19. The summed E-state index contributed by atoms with van der Waals surface area (Å²) < 4.78 is 4.69. The molecular weight excluding hydrogens is 266 g/mol. The molecule has 0 radical (unpaired) electrons. The van der Waals surface area contributed by atoms with E-state index in [1.54, 1.807) is 0 Å². The van der Waals surface area contributed by atoms with Crippen molar-refractivity contribution < 1.29 is 20.1 Å². The van der Waals surface area contributed by atoms with Gasteiger partial charge in [-0.2, -0.15) is 0 Å². The summed E-state index contributed by atoms with van der Waals surface area (Å²) in [6.07, 6.45) is 10.9. The van der Waals surface area contributed by atoms with Crippen LogP contribution in [0.5, 0.6) is 0 Å². The average Bonchev–Trinajstić information content (AvgIpc) is 2.47. The number of hydrogen-bond acceptors (Lipinski definition) is 3. The molecule has 0 fully saturated rings. The van der Waals surface area contributed by atoms with E-state index < -0.39 is 11.5 Å². The molecule has 4 heteroatoms. The number of methoxy groups -OCH3 is 1. The zero-order valence-electron chi connectivity index (χ0n) is 14.1. The molecule has 0 saturated carbocycles. The third-order valence-electron chi connectivity index (χ3n) is 3.69. The van der Waals surface area contributed by atoms with E-state index in [-0.39, 0.29) is 13.2 Å². The van der Waals surface area contributed by atoms with Gasteiger partial charge in [-0.15, -0.1) is 0 Å². The van der Waals surface area contributed by atoms with Crippen molar-refractivity contribution in [2.75, 3.05) is 7.11 Å². The van der Waals surface area contributed by atoms with Crippen LogP contribution in [0, 0.1) is 7.43 Å². The summed E-state index contributed by atoms with van der Waals surface area (Å²) in [7, 11) is 1.28. The molecule has 0 aliphatic heterocycles. The highest BCUT2D eigenvalue weighted by Gasteiger charge is 2.45. The van der Waals surface area contributed by atoms with Crippen LogP contribution in [0.3, 0.4) is 0 Å². The molecule has 0 amide bonds. The van der Waals surface area contributed by atoms with Gasteiger partial charge in [0.2, 0.25) is 5.78 Å². The van der Waals surface area contributed by atoms with E-state index in [1.807, 2.05) is 0 Å². The maximum absolute atomic E-state index is 11.8. The largest absolute Gasteiger partial charge is 0.464 e. The standard InChI is InChI=1S/C16H29NO3.CH3/c1-4-6-7-8-9-10-11-12-13-16(17,14(18)5-2)15(19)20-3;/h5H,2,4,6-13,17H2,1,3H3;1H3/q;-1/p+1. The van der Waals surface area contributed by atoms with Crippen LogP contribution in [0.15, 0.2) is 12.7 Å². The lowest BCUT2D eigenvalue weighted by molar-refractivity contribution is -0.444. The minimum atomic E-state index is -1.31. The van der Waals surface area contributed by atoms with Crippen LogP contribution < -0.4 is 5.73 Å². The Kier molecular flexibility index (Phi) is 13.2. The number of carbonyl (C=O) groups is 2. The van der Waals surface area contributed by atoms with Gasteiger partial charge in [-0.25, -0.2) is 4.79 Å². The van der Waals surface area contributed by atoms with Crippen LogP contribution in [0.1, 0.15) is 64.7 Å². The maximum atomic E-state index is 11.8. The van der Waals surface area contributed by atoms with E-state index in [4.69, 9.17) is 4.74 Å². The van der Waals surface area contributed by atoms with Gasteiger partial charge in [-0.05, 0) is 12.5 Å². The highest BCUT2D eigenvalue weighted by molar-refractivity contribution is 6.11. The van der Waals surface area contributed by atoms with Gasteiger partial charge in [0, 0.05) is 6.42 Å². The molecule has 1 atom stereocenters. The molecule has 4 nitrogen and oxygen atoms in total. The summed E-state index contributed by atoms with van der Waals surface area (Å²) in [4.78, 5) is 23.5. The Morgan fingerprint density at radius 2 is 1.57 bits per heavy atom. The van der Waals surface area contributed by atoms with Crippen LogP contribution in [0.4, 0.5) is 0 Å². The van der Waals surface area contributed by atoms with Crippen molar-refractivity contribution in [3.63, 3.8) is 0 Å². The van der Waals surface area contributed by atoms with Crippen molar-refractivity contribution in [1.82, 2.24) is 0 Å². The molecule has 0 aromatic carbocycles. The third kappa shape index (κ3) is 8.00. The van der Waals surface area contributed by atoms with E-state index in [0.29, 0.717) is 6.42 Å². The van der Waals surface area contributed by atoms with Gasteiger partial charge in [0.05, 0.1) is 7.11 Å². The molecule has 0 saturated heterocycles. The SMILES string of the molecule is C=CC(=O)C([NH3+])(CCCCCCCCCC)C(=O)OC.[CH3-]. The fourth-order valence-electron chi connectivity index (χ4n) is 2.28. The quantitative estimate of drug-likeness (QED) is 0.198. The number of rotatable bonds is 12. The second-order valence-electron chi connectivity index (χ2n) is 5.37. The van der Waals surface area contributed by atoms with Gasteiger partial charge >= 0.3 is 5.97 Å². The number of hydrogen-bond donors (Lipinski definition) is 1. The Bertz CT molecular complexity index is 315. The molecule has 0 aliphatic carbocycles. The number of quaternary nitrogens is 1. The molecule has 0 spiro atoms. The van der Waals surface area contributed by atoms with Gasteiger partial charge in [0.1, 0.15) is 0 Å². The van der Waals surface area contributed by atoms with E-state index in [1.165, 1.54) is 39.2 Å². The van der Waals surface area contributed by atoms with Gasteiger partial charge in [0.25, 0.3) is 5.54 Å². The Morgan fingerprint density at radius 1 is 1.10 bits per heavy atom. The van der Waals surface area contributed by atoms with Gasteiger partial charge < -0.3 is 17.9 Å². The molecule has 0 aromatic rings. The van der Waals surface area contributed by atoms with Crippen LogP contribution in [0.25, 0.3) is 0 Å². The average molecular weight is 299 g/mol. The van der Waals surface area contributed by atoms with Crippen molar-refractivity contribution in [3.05, 3.63) is 20.1 Å². The molecule has 0 aliphatic rings. The smallest absolute Gasteiger partial charge is 0.376 e. The van der Waals surface area contributed by atoms with Crippen molar-refractivity contribution in [2.45, 2.75) is 70.3 Å². The Morgan fingerprint density at radius 3 is 2.00 bits per heavy atom. The molecule has 21 heavy (non-hydrogen) atoms. The molecule has 3 N–H and O–H groups in total. The summed E-state index contributed by atoms with van der Waals surface area (Å²) >= 11 is 0. The van der Waals surface area contributed by atoms with Gasteiger partial charge in [-0.1, -0.05) is 58.4 Å². The van der Waals surface area contributed by atoms with E-state index in [2.05, 4.69) is 19.2 Å². The van der Waals surface area contributed by atoms with Crippen molar-refractivity contribution in [3.8, 4) is 0 Å². The first-order valence-electron chi connectivity index (χ1n) is 7.63. The minimum Gasteiger partial charge on any atom is -0.464 e. The molecule has 0 heterocycles. The number of esters is 1. The van der Waals surface area contributed by atoms with Crippen LogP contribution in [0.2, 0.25) is 0 Å². The molecular formula is C17H33NO3. The second kappa shape index (κ2) is 12.6. The summed E-state index contributed by atoms with van der Waals surface area (Å²) in [5, 5.41) is 0. The molecule has 124 valence electrons. The van der Waals surface area contributed by atoms with Crippen LogP contribution >= 0.6 is 0 Å². The zero-order valence-corrected chi connectivity index (χ0v) is 14.1. The number of unbranched alkanes of at least 4 members (excludes halogenated alkanes) is 7. The van der Waals surface area contributed by atoms with Gasteiger partial charge in [0.15, 0.2) is 0 Å². The lowest BCUT2D eigenvalue weighted by atomic mass is 9.88. The van der Waals surface area contributed by atoms with Gasteiger partial charge in [-0.3, -0.25) is 4.79 Å². The van der Waals surface area contributed by atoms with Crippen molar-refractivity contribution in [1.29, 1.82) is 0 Å². The fraction of sp³-hybridized carbons (Fsp3) is 0.706. The normalized spacial score (nSPS) is 12.9. The fourth-order valence-corrected chi connectivity index (χ4v) is 2.28. The molecule has 0 aromatic heterocycles. The summed E-state index contributed by atoms with van der Waals surface area (Å²) in [6, 6.07) is 0. The number of ether oxygens (including phenoxy) is 1. The predicted molar refractivity (Wildman–Crippen MR) is 86.5 cm³/mol. The molecule has 0 rings (SSSR count). The number of ketones is 1. The second-order valence-corrected chi connectivity index (χ2v) is 5.37. The lowest BCUT2D eigenvalue weighted by Crippen LogP contribution is -2.80. The Labute approximate surface area is 130 Å². The van der Waals surface area contributed by atoms with Crippen LogP contribution in [-0.4, -0.2) is 24.4 Å². The molecule has 1 unspecified atom stereocenters. The predicted octanol–water partition coefficient (Wildman–Crippen LogP) is 2.88. The van der Waals surface area contributed by atoms with E-state index >= 15 is 0 Å². The highest BCUT2D eigenvalue weighted by atomic mass is 16.5. The maximum Gasteiger partial charge on any atom is 0.376 e. The summed E-state index contributed by atoms with van der Waals surface area (Å²) in [5.41, 5.74) is 2.47. The monoisotopic (exact) mass is 299 g/mol. The Balaban J connectivity index is 0. The van der Waals surface area contributed by atoms with E-state index in [9.17, 15) is 9.59 Å². The third-order valence-corrected chi connectivity index (χ3v) is 3.69. The van der Waals surface area contributed by atoms with Crippen molar-refractivity contribution in [2.24, 2.45) is 0 Å². The first kappa shape index (κ1) is 22.1. The topological polar surface area (TPSA) is 71.0 Å². The van der Waals surface area contributed by atoms with Crippen molar-refractivity contribution >= 4 is 11.8 Å².